The summed E-state index contributed by atoms with van der Waals surface area (Å²) in [6.45, 7) is 13.6. The van der Waals surface area contributed by atoms with E-state index in [1.54, 1.807) is 0 Å². The standard InChI is InChI=1S/C15H30O/c1-6-8-9-13-16-15(4,5)12-10-11-14(3)7-2/h7,14H,2,6,8-13H2,1,3-5H3. The summed E-state index contributed by atoms with van der Waals surface area (Å²) in [5.41, 5.74) is 0.0502. The van der Waals surface area contributed by atoms with Crippen molar-refractivity contribution in [2.75, 3.05) is 6.61 Å². The van der Waals surface area contributed by atoms with E-state index < -0.39 is 0 Å². The molecule has 0 aliphatic heterocycles. The van der Waals surface area contributed by atoms with Crippen LogP contribution in [-0.4, -0.2) is 12.2 Å². The Hall–Kier alpha value is -0.300. The van der Waals surface area contributed by atoms with Gasteiger partial charge in [-0.2, -0.15) is 0 Å². The summed E-state index contributed by atoms with van der Waals surface area (Å²) < 4.78 is 5.92. The molecular formula is C15H30O. The third kappa shape index (κ3) is 8.96. The van der Waals surface area contributed by atoms with Gasteiger partial charge in [-0.3, -0.25) is 0 Å². The number of ether oxygens (including phenoxy) is 1. The molecule has 0 aromatic carbocycles. The van der Waals surface area contributed by atoms with Crippen molar-refractivity contribution in [1.82, 2.24) is 0 Å². The Morgan fingerprint density at radius 1 is 1.25 bits per heavy atom. The van der Waals surface area contributed by atoms with Crippen molar-refractivity contribution < 1.29 is 4.74 Å². The molecule has 0 N–H and O–H groups in total. The van der Waals surface area contributed by atoms with Gasteiger partial charge >= 0.3 is 0 Å². The van der Waals surface area contributed by atoms with Crippen LogP contribution in [0.3, 0.4) is 0 Å². The highest BCUT2D eigenvalue weighted by molar-refractivity contribution is 4.76. The number of allylic oxidation sites excluding steroid dienone is 1. The fourth-order valence-electron chi connectivity index (χ4n) is 1.74. The van der Waals surface area contributed by atoms with Crippen LogP contribution in [0.2, 0.25) is 0 Å². The van der Waals surface area contributed by atoms with Crippen LogP contribution in [-0.2, 0) is 4.74 Å². The molecule has 0 saturated carbocycles. The quantitative estimate of drug-likeness (QED) is 0.378. The van der Waals surface area contributed by atoms with Crippen molar-refractivity contribution in [3.05, 3.63) is 12.7 Å². The van der Waals surface area contributed by atoms with Gasteiger partial charge in [-0.05, 0) is 39.0 Å². The first-order chi connectivity index (χ1) is 7.52. The highest BCUT2D eigenvalue weighted by atomic mass is 16.5. The normalized spacial score (nSPS) is 13.8. The van der Waals surface area contributed by atoms with E-state index in [9.17, 15) is 0 Å². The molecule has 0 heterocycles. The van der Waals surface area contributed by atoms with Crippen molar-refractivity contribution in [2.45, 2.75) is 71.8 Å². The van der Waals surface area contributed by atoms with Crippen molar-refractivity contribution in [1.29, 1.82) is 0 Å². The molecule has 0 aliphatic rings. The first-order valence-electron chi connectivity index (χ1n) is 6.78. The first kappa shape index (κ1) is 15.7. The van der Waals surface area contributed by atoms with Gasteiger partial charge in [0.05, 0.1) is 5.60 Å². The lowest BCUT2D eigenvalue weighted by Crippen LogP contribution is -2.25. The topological polar surface area (TPSA) is 9.23 Å². The maximum Gasteiger partial charge on any atom is 0.0626 e. The maximum absolute atomic E-state index is 5.92. The zero-order chi connectivity index (χ0) is 12.4. The van der Waals surface area contributed by atoms with Gasteiger partial charge < -0.3 is 4.74 Å². The average Bonchev–Trinajstić information content (AvgIpc) is 2.24. The predicted molar refractivity (Wildman–Crippen MR) is 72.8 cm³/mol. The molecule has 0 saturated heterocycles. The van der Waals surface area contributed by atoms with E-state index in [0.717, 1.165) is 13.0 Å². The van der Waals surface area contributed by atoms with E-state index in [-0.39, 0.29) is 5.60 Å². The van der Waals surface area contributed by atoms with Crippen LogP contribution in [0.25, 0.3) is 0 Å². The molecule has 0 aromatic heterocycles. The second-order valence-electron chi connectivity index (χ2n) is 5.42. The zero-order valence-electron chi connectivity index (χ0n) is 11.7. The molecule has 0 spiro atoms. The average molecular weight is 226 g/mol. The van der Waals surface area contributed by atoms with Crippen LogP contribution in [0.4, 0.5) is 0 Å². The molecule has 1 unspecified atom stereocenters. The number of rotatable bonds is 10. The molecule has 1 nitrogen and oxygen atoms in total. The van der Waals surface area contributed by atoms with Crippen LogP contribution < -0.4 is 0 Å². The molecule has 0 radical (unpaired) electrons. The van der Waals surface area contributed by atoms with Crippen molar-refractivity contribution in [2.24, 2.45) is 5.92 Å². The smallest absolute Gasteiger partial charge is 0.0626 e. The molecule has 0 amide bonds. The van der Waals surface area contributed by atoms with Gasteiger partial charge in [-0.25, -0.2) is 0 Å². The minimum absolute atomic E-state index is 0.0502. The van der Waals surface area contributed by atoms with Crippen molar-refractivity contribution in [3.8, 4) is 0 Å². The zero-order valence-corrected chi connectivity index (χ0v) is 11.7. The highest BCUT2D eigenvalue weighted by Crippen LogP contribution is 2.20. The Labute approximate surface area is 102 Å². The minimum atomic E-state index is 0.0502. The first-order valence-corrected chi connectivity index (χ1v) is 6.78. The van der Waals surface area contributed by atoms with Gasteiger partial charge in [0.15, 0.2) is 0 Å². The minimum Gasteiger partial charge on any atom is -0.376 e. The molecule has 1 heteroatoms. The Morgan fingerprint density at radius 3 is 2.50 bits per heavy atom. The highest BCUT2D eigenvalue weighted by Gasteiger charge is 2.17. The Kier molecular flexibility index (Phi) is 8.64. The van der Waals surface area contributed by atoms with E-state index in [4.69, 9.17) is 4.74 Å². The van der Waals surface area contributed by atoms with Gasteiger partial charge in [-0.15, -0.1) is 6.58 Å². The number of hydrogen-bond acceptors (Lipinski definition) is 1. The van der Waals surface area contributed by atoms with Crippen LogP contribution >= 0.6 is 0 Å². The van der Waals surface area contributed by atoms with Crippen molar-refractivity contribution >= 4 is 0 Å². The van der Waals surface area contributed by atoms with E-state index in [2.05, 4.69) is 34.3 Å². The van der Waals surface area contributed by atoms with Gasteiger partial charge in [0.25, 0.3) is 0 Å². The Balaban J connectivity index is 3.57. The predicted octanol–water partition coefficient (Wildman–Crippen LogP) is 4.96. The lowest BCUT2D eigenvalue weighted by atomic mass is 9.96. The fraction of sp³-hybridized carbons (Fsp3) is 0.867. The molecular weight excluding hydrogens is 196 g/mol. The van der Waals surface area contributed by atoms with E-state index >= 15 is 0 Å². The van der Waals surface area contributed by atoms with E-state index in [1.165, 1.54) is 32.1 Å². The lowest BCUT2D eigenvalue weighted by molar-refractivity contribution is -0.0268. The van der Waals surface area contributed by atoms with Crippen molar-refractivity contribution in [3.63, 3.8) is 0 Å². The summed E-state index contributed by atoms with van der Waals surface area (Å²) in [5, 5.41) is 0. The van der Waals surface area contributed by atoms with Gasteiger partial charge in [0.1, 0.15) is 0 Å². The molecule has 16 heavy (non-hydrogen) atoms. The maximum atomic E-state index is 5.92. The summed E-state index contributed by atoms with van der Waals surface area (Å²) in [5.74, 6) is 0.635. The molecule has 1 atom stereocenters. The Bertz CT molecular complexity index is 172. The molecule has 0 bridgehead atoms. The summed E-state index contributed by atoms with van der Waals surface area (Å²) in [7, 11) is 0. The molecule has 0 aliphatic carbocycles. The number of hydrogen-bond donors (Lipinski definition) is 0. The largest absolute Gasteiger partial charge is 0.376 e. The number of unbranched alkanes of at least 4 members (excludes halogenated alkanes) is 2. The van der Waals surface area contributed by atoms with Crippen LogP contribution in [0.15, 0.2) is 12.7 Å². The van der Waals surface area contributed by atoms with Gasteiger partial charge in [0, 0.05) is 6.61 Å². The molecule has 0 aromatic rings. The third-order valence-electron chi connectivity index (χ3n) is 3.08. The van der Waals surface area contributed by atoms with E-state index in [1.807, 2.05) is 6.08 Å². The Morgan fingerprint density at radius 2 is 1.94 bits per heavy atom. The van der Waals surface area contributed by atoms with Crippen LogP contribution in [0.5, 0.6) is 0 Å². The second kappa shape index (κ2) is 8.81. The summed E-state index contributed by atoms with van der Waals surface area (Å²) >= 11 is 0. The molecule has 0 fully saturated rings. The molecule has 0 rings (SSSR count). The summed E-state index contributed by atoms with van der Waals surface area (Å²) in [6.07, 6.45) is 9.39. The van der Waals surface area contributed by atoms with E-state index in [0.29, 0.717) is 5.92 Å². The van der Waals surface area contributed by atoms with Crippen LogP contribution in [0, 0.1) is 5.92 Å². The lowest BCUT2D eigenvalue weighted by Gasteiger charge is -2.25. The third-order valence-corrected chi connectivity index (χ3v) is 3.08. The second-order valence-corrected chi connectivity index (χ2v) is 5.42. The van der Waals surface area contributed by atoms with Crippen LogP contribution in [0.1, 0.15) is 66.2 Å². The fourth-order valence-corrected chi connectivity index (χ4v) is 1.74. The monoisotopic (exact) mass is 226 g/mol. The summed E-state index contributed by atoms with van der Waals surface area (Å²) in [6, 6.07) is 0. The van der Waals surface area contributed by atoms with Gasteiger partial charge in [-0.1, -0.05) is 39.2 Å². The molecule has 96 valence electrons. The summed E-state index contributed by atoms with van der Waals surface area (Å²) in [4.78, 5) is 0. The SMILES string of the molecule is C=CC(C)CCCC(C)(C)OCCCCC. The van der Waals surface area contributed by atoms with Gasteiger partial charge in [0.2, 0.25) is 0 Å².